The van der Waals surface area contributed by atoms with Crippen molar-refractivity contribution in [1.29, 1.82) is 0 Å². The molecule has 0 spiro atoms. The van der Waals surface area contributed by atoms with Crippen LogP contribution in [0.2, 0.25) is 0 Å². The molecule has 0 bridgehead atoms. The molecule has 0 saturated carbocycles. The second-order valence-corrected chi connectivity index (χ2v) is 3.14. The van der Waals surface area contributed by atoms with Gasteiger partial charge in [0.05, 0.1) is 24.1 Å². The molecule has 0 aliphatic heterocycles. The maximum absolute atomic E-state index is 5.62. The minimum atomic E-state index is 0.341. The van der Waals surface area contributed by atoms with Gasteiger partial charge in [0.1, 0.15) is 5.69 Å². The highest BCUT2D eigenvalue weighted by atomic mass is 35.5. The number of halogens is 1. The lowest BCUT2D eigenvalue weighted by molar-refractivity contribution is 0.396. The van der Waals surface area contributed by atoms with Gasteiger partial charge in [-0.15, -0.1) is 11.6 Å². The molecule has 74 valence electrons. The summed E-state index contributed by atoms with van der Waals surface area (Å²) in [6.45, 7) is 2.91. The van der Waals surface area contributed by atoms with E-state index in [9.17, 15) is 0 Å². The monoisotopic (exact) mass is 211 g/mol. The fourth-order valence-corrected chi connectivity index (χ4v) is 1.41. The van der Waals surface area contributed by atoms with E-state index in [-0.39, 0.29) is 0 Å². The van der Waals surface area contributed by atoms with Gasteiger partial charge in [0.25, 0.3) is 0 Å². The third-order valence-corrected chi connectivity index (χ3v) is 2.27. The first-order valence-electron chi connectivity index (χ1n) is 4.37. The molecule has 0 aromatic carbocycles. The molecule has 2 heterocycles. The molecule has 0 unspecified atom stereocenters. The number of imidazole rings is 1. The van der Waals surface area contributed by atoms with E-state index in [1.54, 1.807) is 12.5 Å². The Morgan fingerprint density at radius 2 is 2.43 bits per heavy atom. The fraction of sp³-hybridized carbons (Fsp3) is 0.333. The van der Waals surface area contributed by atoms with Crippen LogP contribution in [-0.2, 0) is 12.4 Å². The van der Waals surface area contributed by atoms with Crippen LogP contribution in [0.1, 0.15) is 12.7 Å². The Labute approximate surface area is 86.5 Å². The highest BCUT2D eigenvalue weighted by Crippen LogP contribution is 2.19. The van der Waals surface area contributed by atoms with Gasteiger partial charge in [-0.3, -0.25) is 0 Å². The van der Waals surface area contributed by atoms with Crippen LogP contribution in [0.25, 0.3) is 11.4 Å². The van der Waals surface area contributed by atoms with Gasteiger partial charge in [-0.25, -0.2) is 4.98 Å². The maximum atomic E-state index is 5.62. The topological polar surface area (TPSA) is 43.9 Å². The minimum absolute atomic E-state index is 0.341. The van der Waals surface area contributed by atoms with Crippen LogP contribution in [0.5, 0.6) is 0 Å². The number of hydrogen-bond donors (Lipinski definition) is 0. The second kappa shape index (κ2) is 3.84. The van der Waals surface area contributed by atoms with Crippen LogP contribution >= 0.6 is 11.6 Å². The Balaban J connectivity index is 2.38. The van der Waals surface area contributed by atoms with Crippen LogP contribution < -0.4 is 0 Å². The van der Waals surface area contributed by atoms with Crippen molar-refractivity contribution in [2.24, 2.45) is 0 Å². The van der Waals surface area contributed by atoms with Gasteiger partial charge in [-0.2, -0.15) is 0 Å². The molecule has 2 aromatic rings. The van der Waals surface area contributed by atoms with Crippen LogP contribution in [0.15, 0.2) is 23.1 Å². The molecule has 4 nitrogen and oxygen atoms in total. The van der Waals surface area contributed by atoms with Crippen LogP contribution in [0.4, 0.5) is 0 Å². The molecular formula is C9H10ClN3O. The first-order chi connectivity index (χ1) is 6.85. The van der Waals surface area contributed by atoms with E-state index in [1.165, 1.54) is 0 Å². The second-order valence-electron chi connectivity index (χ2n) is 2.88. The molecular weight excluding hydrogens is 202 g/mol. The molecule has 14 heavy (non-hydrogen) atoms. The van der Waals surface area contributed by atoms with E-state index in [1.807, 2.05) is 17.6 Å². The number of aromatic nitrogens is 3. The van der Waals surface area contributed by atoms with Crippen molar-refractivity contribution in [3.63, 3.8) is 0 Å². The number of nitrogens with zero attached hydrogens (tertiary/aromatic N) is 3. The Morgan fingerprint density at radius 3 is 3.07 bits per heavy atom. The lowest BCUT2D eigenvalue weighted by Gasteiger charge is -1.99. The zero-order valence-electron chi connectivity index (χ0n) is 7.77. The van der Waals surface area contributed by atoms with E-state index in [2.05, 4.69) is 10.1 Å². The van der Waals surface area contributed by atoms with Crippen LogP contribution in [0, 0.1) is 0 Å². The summed E-state index contributed by atoms with van der Waals surface area (Å²) in [7, 11) is 0. The zero-order valence-corrected chi connectivity index (χ0v) is 8.53. The third-order valence-electron chi connectivity index (χ3n) is 2.01. The maximum Gasteiger partial charge on any atom is 0.152 e. The quantitative estimate of drug-likeness (QED) is 0.732. The Morgan fingerprint density at radius 1 is 1.57 bits per heavy atom. The van der Waals surface area contributed by atoms with Crippen molar-refractivity contribution in [3.05, 3.63) is 24.4 Å². The predicted molar refractivity (Wildman–Crippen MR) is 53.0 cm³/mol. The van der Waals surface area contributed by atoms with E-state index >= 15 is 0 Å². The molecule has 0 aliphatic rings. The van der Waals surface area contributed by atoms with Gasteiger partial charge in [0, 0.05) is 12.6 Å². The zero-order chi connectivity index (χ0) is 9.97. The first kappa shape index (κ1) is 9.27. The van der Waals surface area contributed by atoms with E-state index < -0.39 is 0 Å². The molecule has 0 N–H and O–H groups in total. The lowest BCUT2D eigenvalue weighted by Crippen LogP contribution is -1.94. The Bertz CT molecular complexity index is 421. The van der Waals surface area contributed by atoms with Gasteiger partial charge in [-0.05, 0) is 6.92 Å². The molecule has 0 aliphatic carbocycles. The number of aryl methyl sites for hydroxylation is 1. The molecule has 2 rings (SSSR count). The normalized spacial score (nSPS) is 10.7. The highest BCUT2D eigenvalue weighted by Gasteiger charge is 2.09. The average Bonchev–Trinajstić information content (AvgIpc) is 2.85. The number of alkyl halides is 1. The third kappa shape index (κ3) is 1.53. The van der Waals surface area contributed by atoms with Crippen molar-refractivity contribution in [2.75, 3.05) is 0 Å². The standard InChI is InChI=1S/C9H10ClN3O/c1-2-13-6-11-5-9(13)8-3-7(4-10)14-12-8/h3,5-6H,2,4H2,1H3. The summed E-state index contributed by atoms with van der Waals surface area (Å²) < 4.78 is 7.01. The summed E-state index contributed by atoms with van der Waals surface area (Å²) in [4.78, 5) is 4.05. The van der Waals surface area contributed by atoms with Gasteiger partial charge in [0.15, 0.2) is 5.76 Å². The molecule has 0 atom stereocenters. The smallest absolute Gasteiger partial charge is 0.152 e. The summed E-state index contributed by atoms with van der Waals surface area (Å²) in [5.41, 5.74) is 1.73. The van der Waals surface area contributed by atoms with E-state index in [0.717, 1.165) is 17.9 Å². The predicted octanol–water partition coefficient (Wildman–Crippen LogP) is 2.30. The SMILES string of the molecule is CCn1cncc1-c1cc(CCl)on1. The molecule has 2 aromatic heterocycles. The van der Waals surface area contributed by atoms with Crippen molar-refractivity contribution < 1.29 is 4.52 Å². The summed E-state index contributed by atoms with van der Waals surface area (Å²) >= 11 is 5.62. The Kier molecular flexibility index (Phi) is 2.54. The molecule has 5 heteroatoms. The summed E-state index contributed by atoms with van der Waals surface area (Å²) in [5, 5.41) is 3.92. The number of hydrogen-bond acceptors (Lipinski definition) is 3. The van der Waals surface area contributed by atoms with E-state index in [4.69, 9.17) is 16.1 Å². The molecule has 0 amide bonds. The molecule has 0 saturated heterocycles. The fourth-order valence-electron chi connectivity index (χ4n) is 1.28. The van der Waals surface area contributed by atoms with Gasteiger partial charge in [-0.1, -0.05) is 5.16 Å². The lowest BCUT2D eigenvalue weighted by atomic mass is 10.3. The van der Waals surface area contributed by atoms with E-state index in [0.29, 0.717) is 11.6 Å². The molecule has 0 fully saturated rings. The summed E-state index contributed by atoms with van der Waals surface area (Å²) in [6, 6.07) is 1.83. The van der Waals surface area contributed by atoms with Crippen LogP contribution in [0.3, 0.4) is 0 Å². The van der Waals surface area contributed by atoms with Crippen molar-refractivity contribution in [1.82, 2.24) is 14.7 Å². The van der Waals surface area contributed by atoms with Gasteiger partial charge in [0.2, 0.25) is 0 Å². The Hall–Kier alpha value is -1.29. The number of rotatable bonds is 3. The van der Waals surface area contributed by atoms with Gasteiger partial charge < -0.3 is 9.09 Å². The van der Waals surface area contributed by atoms with Crippen molar-refractivity contribution >= 4 is 11.6 Å². The van der Waals surface area contributed by atoms with Crippen molar-refractivity contribution in [3.8, 4) is 11.4 Å². The van der Waals surface area contributed by atoms with Crippen LogP contribution in [-0.4, -0.2) is 14.7 Å². The highest BCUT2D eigenvalue weighted by molar-refractivity contribution is 6.16. The summed E-state index contributed by atoms with van der Waals surface area (Å²) in [5.74, 6) is 1.01. The van der Waals surface area contributed by atoms with Crippen molar-refractivity contribution in [2.45, 2.75) is 19.3 Å². The van der Waals surface area contributed by atoms with Gasteiger partial charge >= 0.3 is 0 Å². The summed E-state index contributed by atoms with van der Waals surface area (Å²) in [6.07, 6.45) is 3.53. The largest absolute Gasteiger partial charge is 0.359 e. The average molecular weight is 212 g/mol. The molecule has 0 radical (unpaired) electrons. The first-order valence-corrected chi connectivity index (χ1v) is 4.90. The minimum Gasteiger partial charge on any atom is -0.359 e.